The topological polar surface area (TPSA) is 158 Å². The van der Waals surface area contributed by atoms with Gasteiger partial charge in [-0.05, 0) is 68.1 Å². The molecule has 5 rings (SSSR count). The van der Waals surface area contributed by atoms with Crippen LogP contribution in [0.3, 0.4) is 0 Å². The number of pyridine rings is 2. The van der Waals surface area contributed by atoms with Gasteiger partial charge in [-0.1, -0.05) is 12.1 Å². The van der Waals surface area contributed by atoms with E-state index in [1.165, 1.54) is 12.4 Å². The minimum absolute atomic E-state index is 0.247. The van der Waals surface area contributed by atoms with Gasteiger partial charge in [-0.3, -0.25) is 4.57 Å². The number of fused-ring (bicyclic) bond motifs is 1. The van der Waals surface area contributed by atoms with E-state index in [9.17, 15) is 0 Å². The first-order valence-electron chi connectivity index (χ1n) is 11.4. The zero-order chi connectivity index (χ0) is 24.6. The maximum absolute atomic E-state index is 7.84. The number of aromatic nitrogens is 4. The Kier molecular flexibility index (Phi) is 5.62. The third-order valence-electron chi connectivity index (χ3n) is 6.39. The van der Waals surface area contributed by atoms with Crippen LogP contribution in [0.25, 0.3) is 33.8 Å². The Balaban J connectivity index is 1.72. The van der Waals surface area contributed by atoms with Crippen molar-refractivity contribution in [2.24, 2.45) is 16.5 Å². The summed E-state index contributed by atoms with van der Waals surface area (Å²) < 4.78 is 1.96. The largest absolute Gasteiger partial charge is 0.387 e. The molecule has 4 aromatic rings. The van der Waals surface area contributed by atoms with E-state index >= 15 is 0 Å². The number of aliphatic imine (C=N–C) groups is 1. The molecule has 9 heteroatoms. The molecule has 0 unspecified atom stereocenters. The van der Waals surface area contributed by atoms with Gasteiger partial charge in [0, 0.05) is 35.4 Å². The molecule has 3 heterocycles. The van der Waals surface area contributed by atoms with Gasteiger partial charge in [0.15, 0.2) is 11.5 Å². The molecule has 35 heavy (non-hydrogen) atoms. The molecule has 0 radical (unpaired) electrons. The molecule has 1 aliphatic rings. The lowest BCUT2D eigenvalue weighted by Crippen LogP contribution is -2.43. The molecule has 0 atom stereocenters. The fourth-order valence-corrected chi connectivity index (χ4v) is 4.29. The summed E-state index contributed by atoms with van der Waals surface area (Å²) in [5, 5.41) is 7.84. The summed E-state index contributed by atoms with van der Waals surface area (Å²) in [5.74, 6) is 1.41. The van der Waals surface area contributed by atoms with Crippen molar-refractivity contribution in [2.45, 2.75) is 31.7 Å². The smallest absolute Gasteiger partial charge is 0.165 e. The molecule has 9 nitrogen and oxygen atoms in total. The van der Waals surface area contributed by atoms with E-state index in [0.717, 1.165) is 30.5 Å². The van der Waals surface area contributed by atoms with Gasteiger partial charge in [0.2, 0.25) is 0 Å². The highest BCUT2D eigenvalue weighted by Gasteiger charge is 2.34. The Morgan fingerprint density at radius 1 is 1.11 bits per heavy atom. The Morgan fingerprint density at radius 3 is 2.51 bits per heavy atom. The standard InChI is InChI=1S/C26H27N9/c1-16(28)32-15-17(14-27)21-9-10-22-25(33-21)35(24(34-22)20-4-2-13-31-23(20)29)19-7-5-18(6-8-19)26(30)11-3-12-26/h2,4-10,13-15,27H,3,11-12,30H2,1H3,(H2,28,32)(H2,29,31)/b17-15+,27-14?. The number of nitrogens with zero attached hydrogens (tertiary/aromatic N) is 5. The van der Waals surface area contributed by atoms with E-state index in [2.05, 4.69) is 22.1 Å². The maximum Gasteiger partial charge on any atom is 0.165 e. The first kappa shape index (κ1) is 22.4. The highest BCUT2D eigenvalue weighted by Crippen LogP contribution is 2.39. The summed E-state index contributed by atoms with van der Waals surface area (Å²) in [6.07, 6.45) is 7.52. The lowest BCUT2D eigenvalue weighted by Gasteiger charge is -2.38. The van der Waals surface area contributed by atoms with Crippen LogP contribution in [0.15, 0.2) is 65.9 Å². The van der Waals surface area contributed by atoms with Gasteiger partial charge < -0.3 is 22.6 Å². The summed E-state index contributed by atoms with van der Waals surface area (Å²) >= 11 is 0. The molecule has 0 bridgehead atoms. The molecule has 1 aliphatic carbocycles. The molecule has 0 saturated heterocycles. The van der Waals surface area contributed by atoms with Crippen LogP contribution in [0.4, 0.5) is 5.82 Å². The number of nitrogens with two attached hydrogens (primary N) is 3. The van der Waals surface area contributed by atoms with Gasteiger partial charge in [0.25, 0.3) is 0 Å². The molecule has 1 saturated carbocycles. The predicted octanol–water partition coefficient (Wildman–Crippen LogP) is 3.77. The van der Waals surface area contributed by atoms with E-state index in [1.54, 1.807) is 13.1 Å². The number of rotatable bonds is 6. The Labute approximate surface area is 202 Å². The maximum atomic E-state index is 7.84. The van der Waals surface area contributed by atoms with Crippen LogP contribution in [0.5, 0.6) is 0 Å². The second-order valence-corrected chi connectivity index (χ2v) is 8.80. The fraction of sp³-hybridized carbons (Fsp3) is 0.192. The molecule has 176 valence electrons. The molecule has 7 N–H and O–H groups in total. The molecular formula is C26H27N9. The highest BCUT2D eigenvalue weighted by molar-refractivity contribution is 6.08. The summed E-state index contributed by atoms with van der Waals surface area (Å²) in [6, 6.07) is 15.6. The minimum Gasteiger partial charge on any atom is -0.387 e. The highest BCUT2D eigenvalue weighted by atomic mass is 15.1. The van der Waals surface area contributed by atoms with Gasteiger partial charge in [-0.15, -0.1) is 0 Å². The van der Waals surface area contributed by atoms with Crippen LogP contribution in [0.2, 0.25) is 0 Å². The average molecular weight is 466 g/mol. The van der Waals surface area contributed by atoms with Crippen LogP contribution in [-0.2, 0) is 5.54 Å². The molecule has 1 aromatic carbocycles. The van der Waals surface area contributed by atoms with Crippen molar-refractivity contribution in [2.75, 3.05) is 5.73 Å². The van der Waals surface area contributed by atoms with Gasteiger partial charge in [0.05, 0.1) is 17.1 Å². The third kappa shape index (κ3) is 4.06. The zero-order valence-corrected chi connectivity index (χ0v) is 19.4. The lowest BCUT2D eigenvalue weighted by atomic mass is 9.73. The van der Waals surface area contributed by atoms with Crippen molar-refractivity contribution in [3.8, 4) is 17.1 Å². The Morgan fingerprint density at radius 2 is 1.89 bits per heavy atom. The normalized spacial score (nSPS) is 15.7. The van der Waals surface area contributed by atoms with Crippen molar-refractivity contribution >= 4 is 34.6 Å². The van der Waals surface area contributed by atoms with Crippen molar-refractivity contribution in [3.05, 3.63) is 72.2 Å². The second kappa shape index (κ2) is 8.77. The number of anilines is 1. The molecule has 0 aliphatic heterocycles. The van der Waals surface area contributed by atoms with Crippen molar-refractivity contribution in [3.63, 3.8) is 0 Å². The first-order valence-corrected chi connectivity index (χ1v) is 11.4. The summed E-state index contributed by atoms with van der Waals surface area (Å²) in [4.78, 5) is 18.1. The number of hydrogen-bond donors (Lipinski definition) is 4. The minimum atomic E-state index is -0.247. The molecule has 0 amide bonds. The number of allylic oxidation sites excluding steroid dienone is 1. The zero-order valence-electron chi connectivity index (χ0n) is 19.4. The monoisotopic (exact) mass is 465 g/mol. The van der Waals surface area contributed by atoms with E-state index in [0.29, 0.717) is 45.5 Å². The predicted molar refractivity (Wildman–Crippen MR) is 140 cm³/mol. The summed E-state index contributed by atoms with van der Waals surface area (Å²) in [5.41, 5.74) is 23.3. The van der Waals surface area contributed by atoms with Crippen molar-refractivity contribution in [1.82, 2.24) is 19.5 Å². The van der Waals surface area contributed by atoms with Crippen LogP contribution in [-0.4, -0.2) is 31.6 Å². The van der Waals surface area contributed by atoms with E-state index in [4.69, 9.17) is 32.6 Å². The van der Waals surface area contributed by atoms with Gasteiger partial charge in [-0.25, -0.2) is 19.9 Å². The number of hydrogen-bond acceptors (Lipinski definition) is 7. The lowest BCUT2D eigenvalue weighted by molar-refractivity contribution is 0.253. The number of nitrogens with one attached hydrogen (secondary N) is 1. The van der Waals surface area contributed by atoms with Crippen LogP contribution >= 0.6 is 0 Å². The number of amidine groups is 1. The van der Waals surface area contributed by atoms with Gasteiger partial charge in [-0.2, -0.15) is 0 Å². The van der Waals surface area contributed by atoms with Crippen LogP contribution in [0.1, 0.15) is 37.4 Å². The quantitative estimate of drug-likeness (QED) is 0.251. The molecule has 0 spiro atoms. The molecule has 3 aromatic heterocycles. The first-order chi connectivity index (χ1) is 16.9. The van der Waals surface area contributed by atoms with Crippen molar-refractivity contribution in [1.29, 1.82) is 5.41 Å². The van der Waals surface area contributed by atoms with Gasteiger partial charge in [0.1, 0.15) is 11.3 Å². The SMILES string of the molecule is CC(N)=N/C=C(\C=N)c1ccc2nc(-c3cccnc3N)n(-c3ccc(C4(N)CCC4)cc3)c2n1. The van der Waals surface area contributed by atoms with Gasteiger partial charge >= 0.3 is 0 Å². The van der Waals surface area contributed by atoms with E-state index < -0.39 is 0 Å². The van der Waals surface area contributed by atoms with E-state index in [-0.39, 0.29) is 5.54 Å². The molecule has 1 fully saturated rings. The number of benzene rings is 1. The third-order valence-corrected chi connectivity index (χ3v) is 6.39. The van der Waals surface area contributed by atoms with Crippen LogP contribution < -0.4 is 17.2 Å². The number of nitrogen functional groups attached to an aromatic ring is 1. The average Bonchev–Trinajstić information content (AvgIpc) is 3.22. The Hall–Kier alpha value is -4.37. The number of imidazole rings is 1. The second-order valence-electron chi connectivity index (χ2n) is 8.80. The Bertz CT molecular complexity index is 1470. The summed E-state index contributed by atoms with van der Waals surface area (Å²) in [6.45, 7) is 1.69. The van der Waals surface area contributed by atoms with E-state index in [1.807, 2.05) is 41.0 Å². The van der Waals surface area contributed by atoms with Crippen LogP contribution in [0, 0.1) is 5.41 Å². The molecular weight excluding hydrogens is 438 g/mol. The fourth-order valence-electron chi connectivity index (χ4n) is 4.29. The summed E-state index contributed by atoms with van der Waals surface area (Å²) in [7, 11) is 0. The van der Waals surface area contributed by atoms with Crippen molar-refractivity contribution < 1.29 is 0 Å².